The minimum absolute atomic E-state index is 0.00122. The zero-order valence-corrected chi connectivity index (χ0v) is 13.0. The van der Waals surface area contributed by atoms with E-state index in [1.165, 1.54) is 42.4 Å². The second-order valence-electron chi connectivity index (χ2n) is 6.33. The number of anilines is 1. The van der Waals surface area contributed by atoms with Gasteiger partial charge < -0.3 is 10.5 Å². The van der Waals surface area contributed by atoms with Crippen LogP contribution in [0, 0.1) is 0 Å². The molecule has 0 spiro atoms. The molecule has 116 valence electrons. The van der Waals surface area contributed by atoms with Crippen molar-refractivity contribution in [1.29, 1.82) is 0 Å². The van der Waals surface area contributed by atoms with Gasteiger partial charge in [0.05, 0.1) is 6.04 Å². The highest BCUT2D eigenvalue weighted by Gasteiger charge is 2.31. The number of hydrogen-bond acceptors (Lipinski definition) is 4. The first-order chi connectivity index (χ1) is 10.8. The second kappa shape index (κ2) is 5.39. The third-order valence-electron chi connectivity index (χ3n) is 5.00. The Morgan fingerprint density at radius 2 is 2.00 bits per heavy atom. The molecule has 2 aromatic rings. The fourth-order valence-electron chi connectivity index (χ4n) is 3.85. The molecule has 1 aromatic carbocycles. The van der Waals surface area contributed by atoms with E-state index in [-0.39, 0.29) is 12.1 Å². The van der Waals surface area contributed by atoms with Crippen LogP contribution in [-0.4, -0.2) is 21.9 Å². The molecule has 0 amide bonds. The van der Waals surface area contributed by atoms with Gasteiger partial charge in [-0.15, -0.1) is 5.10 Å². The molecule has 0 fully saturated rings. The van der Waals surface area contributed by atoms with E-state index in [4.69, 9.17) is 10.5 Å². The van der Waals surface area contributed by atoms with E-state index in [1.54, 1.807) is 7.11 Å². The quantitative estimate of drug-likeness (QED) is 0.926. The van der Waals surface area contributed by atoms with Crippen molar-refractivity contribution in [3.05, 3.63) is 40.7 Å². The molecule has 4 rings (SSSR count). The maximum Gasteiger partial charge on any atom is 0.239 e. The normalized spacial score (nSPS) is 23.9. The van der Waals surface area contributed by atoms with E-state index in [1.807, 2.05) is 4.68 Å². The summed E-state index contributed by atoms with van der Waals surface area (Å²) in [5.74, 6) is 1.19. The van der Waals surface area contributed by atoms with Crippen LogP contribution >= 0.6 is 0 Å². The number of nitrogen functional groups attached to an aromatic ring is 1. The van der Waals surface area contributed by atoms with Gasteiger partial charge in [0.25, 0.3) is 0 Å². The molecule has 2 unspecified atom stereocenters. The lowest BCUT2D eigenvalue weighted by molar-refractivity contribution is 0.0648. The van der Waals surface area contributed by atoms with Gasteiger partial charge in [-0.25, -0.2) is 4.68 Å². The van der Waals surface area contributed by atoms with E-state index in [9.17, 15) is 0 Å². The average molecular weight is 298 g/mol. The molecule has 0 saturated carbocycles. The zero-order chi connectivity index (χ0) is 15.1. The van der Waals surface area contributed by atoms with Crippen LogP contribution in [0.25, 0.3) is 0 Å². The fraction of sp³-hybridized carbons (Fsp3) is 0.529. The third kappa shape index (κ3) is 2.20. The molecular weight excluding hydrogens is 276 g/mol. The van der Waals surface area contributed by atoms with Gasteiger partial charge in [-0.05, 0) is 55.2 Å². The molecule has 0 saturated heterocycles. The van der Waals surface area contributed by atoms with E-state index in [0.29, 0.717) is 5.95 Å². The highest BCUT2D eigenvalue weighted by atomic mass is 16.5. The van der Waals surface area contributed by atoms with E-state index < -0.39 is 0 Å². The first kappa shape index (κ1) is 13.8. The minimum Gasteiger partial charge on any atom is -0.373 e. The first-order valence-corrected chi connectivity index (χ1v) is 8.12. The summed E-state index contributed by atoms with van der Waals surface area (Å²) in [6.07, 6.45) is 6.99. The Balaban J connectivity index is 1.73. The molecule has 2 N–H and O–H groups in total. The average Bonchev–Trinajstić information content (AvgIpc) is 2.94. The SMILES string of the molecule is COC1CCC(c2ccc3c(c2)CCCC3)n2nc(N)nc21. The fourth-order valence-corrected chi connectivity index (χ4v) is 3.85. The van der Waals surface area contributed by atoms with Crippen molar-refractivity contribution in [3.63, 3.8) is 0 Å². The summed E-state index contributed by atoms with van der Waals surface area (Å²) in [6.45, 7) is 0. The van der Waals surface area contributed by atoms with Gasteiger partial charge in [-0.3, -0.25) is 0 Å². The lowest BCUT2D eigenvalue weighted by atomic mass is 9.87. The van der Waals surface area contributed by atoms with Gasteiger partial charge in [0.1, 0.15) is 6.10 Å². The summed E-state index contributed by atoms with van der Waals surface area (Å²) in [5, 5.41) is 4.42. The predicted octanol–water partition coefficient (Wildman–Crippen LogP) is 2.81. The number of rotatable bonds is 2. The molecule has 1 aliphatic carbocycles. The van der Waals surface area contributed by atoms with Crippen molar-refractivity contribution < 1.29 is 4.74 Å². The van der Waals surface area contributed by atoms with Crippen LogP contribution in [0.4, 0.5) is 5.95 Å². The Bertz CT molecular complexity index is 694. The van der Waals surface area contributed by atoms with Crippen LogP contribution in [0.15, 0.2) is 18.2 Å². The molecule has 5 nitrogen and oxygen atoms in total. The van der Waals surface area contributed by atoms with Crippen LogP contribution in [0.3, 0.4) is 0 Å². The number of benzene rings is 1. The van der Waals surface area contributed by atoms with Gasteiger partial charge >= 0.3 is 0 Å². The van der Waals surface area contributed by atoms with E-state index in [0.717, 1.165) is 18.7 Å². The second-order valence-corrected chi connectivity index (χ2v) is 6.33. The molecule has 1 aromatic heterocycles. The minimum atomic E-state index is -0.00122. The number of nitrogens with zero attached hydrogens (tertiary/aromatic N) is 3. The Morgan fingerprint density at radius 3 is 2.82 bits per heavy atom. The molecule has 0 radical (unpaired) electrons. The molecule has 2 atom stereocenters. The topological polar surface area (TPSA) is 66.0 Å². The molecule has 5 heteroatoms. The Labute approximate surface area is 130 Å². The van der Waals surface area contributed by atoms with Gasteiger partial charge in [-0.1, -0.05) is 18.2 Å². The lowest BCUT2D eigenvalue weighted by Crippen LogP contribution is -2.24. The van der Waals surface area contributed by atoms with Crippen molar-refractivity contribution in [2.75, 3.05) is 12.8 Å². The summed E-state index contributed by atoms with van der Waals surface area (Å²) >= 11 is 0. The van der Waals surface area contributed by atoms with Crippen LogP contribution in [-0.2, 0) is 17.6 Å². The van der Waals surface area contributed by atoms with Crippen LogP contribution in [0.2, 0.25) is 0 Å². The number of aromatic nitrogens is 3. The van der Waals surface area contributed by atoms with Crippen molar-refractivity contribution in [2.45, 2.75) is 50.7 Å². The largest absolute Gasteiger partial charge is 0.373 e. The number of aryl methyl sites for hydroxylation is 2. The van der Waals surface area contributed by atoms with Gasteiger partial charge in [0, 0.05) is 7.11 Å². The lowest BCUT2D eigenvalue weighted by Gasteiger charge is -2.29. The van der Waals surface area contributed by atoms with E-state index in [2.05, 4.69) is 28.3 Å². The van der Waals surface area contributed by atoms with Crippen LogP contribution in [0.1, 0.15) is 60.3 Å². The molecule has 0 bridgehead atoms. The molecule has 22 heavy (non-hydrogen) atoms. The smallest absolute Gasteiger partial charge is 0.239 e. The van der Waals surface area contributed by atoms with Crippen molar-refractivity contribution in [3.8, 4) is 0 Å². The number of nitrogens with two attached hydrogens (primary N) is 1. The standard InChI is InChI=1S/C17H22N4O/c1-22-15-9-8-14(21-16(15)19-17(18)20-21)13-7-6-11-4-2-3-5-12(11)10-13/h6-7,10,14-15H,2-5,8-9H2,1H3,(H2,18,20). The highest BCUT2D eigenvalue weighted by molar-refractivity contribution is 5.36. The third-order valence-corrected chi connectivity index (χ3v) is 5.00. The monoisotopic (exact) mass is 298 g/mol. The highest BCUT2D eigenvalue weighted by Crippen LogP contribution is 2.37. The zero-order valence-electron chi connectivity index (χ0n) is 13.0. The maximum atomic E-state index is 5.83. The van der Waals surface area contributed by atoms with Crippen LogP contribution in [0.5, 0.6) is 0 Å². The summed E-state index contributed by atoms with van der Waals surface area (Å²) in [6, 6.07) is 7.14. The summed E-state index contributed by atoms with van der Waals surface area (Å²) in [7, 11) is 1.72. The number of fused-ring (bicyclic) bond motifs is 2. The molecule has 2 heterocycles. The van der Waals surface area contributed by atoms with E-state index >= 15 is 0 Å². The van der Waals surface area contributed by atoms with Gasteiger partial charge in [0.2, 0.25) is 5.95 Å². The number of ether oxygens (including phenoxy) is 1. The first-order valence-electron chi connectivity index (χ1n) is 8.12. The summed E-state index contributed by atoms with van der Waals surface area (Å²) < 4.78 is 7.50. The maximum absolute atomic E-state index is 5.83. The molecule has 2 aliphatic rings. The predicted molar refractivity (Wildman–Crippen MR) is 84.6 cm³/mol. The van der Waals surface area contributed by atoms with Crippen molar-refractivity contribution in [1.82, 2.24) is 14.8 Å². The van der Waals surface area contributed by atoms with Crippen molar-refractivity contribution in [2.24, 2.45) is 0 Å². The van der Waals surface area contributed by atoms with Gasteiger partial charge in [-0.2, -0.15) is 4.98 Å². The summed E-state index contributed by atoms with van der Waals surface area (Å²) in [5.41, 5.74) is 10.2. The Morgan fingerprint density at radius 1 is 1.18 bits per heavy atom. The van der Waals surface area contributed by atoms with Crippen molar-refractivity contribution >= 4 is 5.95 Å². The molecule has 1 aliphatic heterocycles. The van der Waals surface area contributed by atoms with Gasteiger partial charge in [0.15, 0.2) is 5.82 Å². The molecular formula is C17H22N4O. The Hall–Kier alpha value is -1.88. The number of methoxy groups -OCH3 is 1. The summed E-state index contributed by atoms with van der Waals surface area (Å²) in [4.78, 5) is 4.37. The Kier molecular flexibility index (Phi) is 3.37. The van der Waals surface area contributed by atoms with Crippen LogP contribution < -0.4 is 5.73 Å². The number of hydrogen-bond donors (Lipinski definition) is 1.